The summed E-state index contributed by atoms with van der Waals surface area (Å²) < 4.78 is 15.0. The summed E-state index contributed by atoms with van der Waals surface area (Å²) in [7, 11) is 1.28. The van der Waals surface area contributed by atoms with Gasteiger partial charge in [-0.2, -0.15) is 0 Å². The zero-order chi connectivity index (χ0) is 26.2. The fraction of sp³-hybridized carbons (Fsp3) is 0.357. The van der Waals surface area contributed by atoms with E-state index in [1.165, 1.54) is 13.2 Å². The van der Waals surface area contributed by atoms with Gasteiger partial charge in [0.2, 0.25) is 0 Å². The lowest BCUT2D eigenvalue weighted by Gasteiger charge is -2.20. The van der Waals surface area contributed by atoms with Crippen molar-refractivity contribution in [1.82, 2.24) is 5.32 Å². The van der Waals surface area contributed by atoms with Gasteiger partial charge in [-0.05, 0) is 37.3 Å². The zero-order valence-electron chi connectivity index (χ0n) is 20.7. The topological polar surface area (TPSA) is 108 Å². The van der Waals surface area contributed by atoms with Gasteiger partial charge in [-0.1, -0.05) is 66.7 Å². The largest absolute Gasteiger partial charge is 0.469 e. The molecule has 2 atom stereocenters. The molecule has 0 aliphatic rings. The van der Waals surface area contributed by atoms with Crippen LogP contribution in [0, 0.1) is 5.92 Å². The quantitative estimate of drug-likeness (QED) is 0.238. The fourth-order valence-corrected chi connectivity index (χ4v) is 3.54. The van der Waals surface area contributed by atoms with Crippen LogP contribution in [-0.2, 0) is 41.6 Å². The van der Waals surface area contributed by atoms with Gasteiger partial charge in [0.1, 0.15) is 6.61 Å². The summed E-state index contributed by atoms with van der Waals surface area (Å²) in [5.74, 6) is -2.02. The molecule has 2 rings (SSSR count). The number of carbonyl (C=O) groups is 4. The summed E-state index contributed by atoms with van der Waals surface area (Å²) >= 11 is 0. The molecule has 2 aromatic rings. The molecule has 0 heterocycles. The highest BCUT2D eigenvalue weighted by molar-refractivity contribution is 5.90. The van der Waals surface area contributed by atoms with Gasteiger partial charge < -0.3 is 19.5 Å². The van der Waals surface area contributed by atoms with Crippen LogP contribution >= 0.6 is 0 Å². The molecular weight excluding hydrogens is 462 g/mol. The van der Waals surface area contributed by atoms with Crippen molar-refractivity contribution in [1.29, 1.82) is 0 Å². The van der Waals surface area contributed by atoms with Gasteiger partial charge in [-0.3, -0.25) is 9.59 Å². The number of benzene rings is 2. The third kappa shape index (κ3) is 10.5. The van der Waals surface area contributed by atoms with Gasteiger partial charge in [-0.15, -0.1) is 0 Å². The molecule has 0 aliphatic heterocycles. The number of amides is 1. The van der Waals surface area contributed by atoms with Crippen molar-refractivity contribution in [2.24, 2.45) is 5.92 Å². The highest BCUT2D eigenvalue weighted by Crippen LogP contribution is 2.17. The van der Waals surface area contributed by atoms with Crippen LogP contribution in [0.1, 0.15) is 37.3 Å². The fourth-order valence-electron chi connectivity index (χ4n) is 3.54. The number of ketones is 1. The Bertz CT molecular complexity index is 1010. The molecule has 2 aromatic carbocycles. The molecule has 0 radical (unpaired) electrons. The van der Waals surface area contributed by atoms with Gasteiger partial charge >= 0.3 is 18.0 Å². The molecule has 8 heteroatoms. The van der Waals surface area contributed by atoms with E-state index in [4.69, 9.17) is 14.2 Å². The Morgan fingerprint density at radius 2 is 1.56 bits per heavy atom. The summed E-state index contributed by atoms with van der Waals surface area (Å²) in [6.45, 7) is 2.02. The monoisotopic (exact) mass is 495 g/mol. The van der Waals surface area contributed by atoms with Crippen LogP contribution in [0.3, 0.4) is 0 Å². The summed E-state index contributed by atoms with van der Waals surface area (Å²) in [6.07, 6.45) is 2.87. The molecule has 192 valence electrons. The Balaban J connectivity index is 2.06. The minimum Gasteiger partial charge on any atom is -0.469 e. The van der Waals surface area contributed by atoms with Crippen molar-refractivity contribution >= 4 is 23.8 Å². The smallest absolute Gasteiger partial charge is 0.408 e. The van der Waals surface area contributed by atoms with E-state index in [0.717, 1.165) is 11.1 Å². The number of methoxy groups -OCH3 is 1. The Morgan fingerprint density at radius 1 is 0.917 bits per heavy atom. The second kappa shape index (κ2) is 15.9. The third-order valence-corrected chi connectivity index (χ3v) is 5.36. The summed E-state index contributed by atoms with van der Waals surface area (Å²) in [4.78, 5) is 49.6. The molecule has 8 nitrogen and oxygen atoms in total. The number of hydrogen-bond donors (Lipinski definition) is 1. The highest BCUT2D eigenvalue weighted by Gasteiger charge is 2.28. The van der Waals surface area contributed by atoms with Gasteiger partial charge in [-0.25, -0.2) is 9.59 Å². The van der Waals surface area contributed by atoms with Crippen molar-refractivity contribution in [3.05, 3.63) is 83.9 Å². The molecule has 0 fully saturated rings. The lowest BCUT2D eigenvalue weighted by atomic mass is 9.91. The van der Waals surface area contributed by atoms with Crippen LogP contribution in [0.15, 0.2) is 72.8 Å². The molecule has 0 aliphatic carbocycles. The standard InChI is InChI=1S/C28H33NO7/c1-3-35-26(31)17-11-10-16-24(29-28(33)36-20-22-14-8-5-9-15-22)25(30)19-23(27(32)34-2)18-21-12-6-4-7-13-21/h4-9,11-15,17,23-24H,3,10,16,18-20H2,1-2H3,(H,29,33)/b17-11+/t23-,24+/m1/s1. The molecule has 0 unspecified atom stereocenters. The summed E-state index contributed by atoms with van der Waals surface area (Å²) in [6, 6.07) is 17.6. The van der Waals surface area contributed by atoms with E-state index < -0.39 is 30.0 Å². The Morgan fingerprint density at radius 3 is 2.17 bits per heavy atom. The second-order valence-electron chi connectivity index (χ2n) is 8.07. The Hall–Kier alpha value is -3.94. The number of alkyl carbamates (subject to hydrolysis) is 1. The number of carbonyl (C=O) groups excluding carboxylic acids is 4. The third-order valence-electron chi connectivity index (χ3n) is 5.36. The first-order valence-electron chi connectivity index (χ1n) is 11.9. The van der Waals surface area contributed by atoms with E-state index in [0.29, 0.717) is 12.8 Å². The SMILES string of the molecule is CCOC(=O)/C=C/CC[C@H](NC(=O)OCc1ccccc1)C(=O)C[C@@H](Cc1ccccc1)C(=O)OC. The molecule has 0 saturated carbocycles. The number of Topliss-reactive ketones (excluding diaryl/α,β-unsaturated/α-hetero) is 1. The van der Waals surface area contributed by atoms with Gasteiger partial charge in [0, 0.05) is 12.5 Å². The van der Waals surface area contributed by atoms with Crippen molar-refractivity contribution in [2.45, 2.75) is 45.3 Å². The van der Waals surface area contributed by atoms with Crippen LogP contribution < -0.4 is 5.32 Å². The normalized spacial score (nSPS) is 12.4. The maximum atomic E-state index is 13.2. The van der Waals surface area contributed by atoms with Crippen molar-refractivity contribution < 1.29 is 33.4 Å². The van der Waals surface area contributed by atoms with Crippen molar-refractivity contribution in [3.63, 3.8) is 0 Å². The van der Waals surface area contributed by atoms with Crippen LogP contribution in [0.2, 0.25) is 0 Å². The molecule has 0 bridgehead atoms. The van der Waals surface area contributed by atoms with Crippen LogP contribution in [0.25, 0.3) is 0 Å². The lowest BCUT2D eigenvalue weighted by molar-refractivity contribution is -0.147. The Kier molecular flexibility index (Phi) is 12.5. The van der Waals surface area contributed by atoms with E-state index in [2.05, 4.69) is 5.32 Å². The van der Waals surface area contributed by atoms with E-state index in [9.17, 15) is 19.2 Å². The first kappa shape index (κ1) is 28.3. The van der Waals surface area contributed by atoms with Gasteiger partial charge in [0.25, 0.3) is 0 Å². The number of ether oxygens (including phenoxy) is 3. The number of hydrogen-bond acceptors (Lipinski definition) is 7. The molecule has 1 amide bonds. The van der Waals surface area contributed by atoms with Crippen molar-refractivity contribution in [3.8, 4) is 0 Å². The minimum atomic E-state index is -0.914. The van der Waals surface area contributed by atoms with Crippen molar-refractivity contribution in [2.75, 3.05) is 13.7 Å². The van der Waals surface area contributed by atoms with E-state index in [1.54, 1.807) is 13.0 Å². The second-order valence-corrected chi connectivity index (χ2v) is 8.07. The highest BCUT2D eigenvalue weighted by atomic mass is 16.5. The predicted molar refractivity (Wildman–Crippen MR) is 134 cm³/mol. The minimum absolute atomic E-state index is 0.0507. The molecule has 36 heavy (non-hydrogen) atoms. The number of esters is 2. The number of rotatable bonds is 14. The number of allylic oxidation sites excluding steroid dienone is 1. The molecular formula is C28H33NO7. The van der Waals surface area contributed by atoms with Crippen LogP contribution in [0.5, 0.6) is 0 Å². The maximum Gasteiger partial charge on any atom is 0.408 e. The maximum absolute atomic E-state index is 13.2. The van der Waals surface area contributed by atoms with Gasteiger partial charge in [0.15, 0.2) is 5.78 Å². The molecule has 0 spiro atoms. The van der Waals surface area contributed by atoms with Gasteiger partial charge in [0.05, 0.1) is 25.7 Å². The molecule has 0 saturated heterocycles. The summed E-state index contributed by atoms with van der Waals surface area (Å²) in [5, 5.41) is 2.61. The Labute approximate surface area is 211 Å². The van der Waals surface area contributed by atoms with E-state index >= 15 is 0 Å². The van der Waals surface area contributed by atoms with Crippen LogP contribution in [-0.4, -0.2) is 43.6 Å². The first-order valence-corrected chi connectivity index (χ1v) is 11.9. The zero-order valence-corrected chi connectivity index (χ0v) is 20.7. The lowest BCUT2D eigenvalue weighted by Crippen LogP contribution is -2.42. The predicted octanol–water partition coefficient (Wildman–Crippen LogP) is 4.17. The average Bonchev–Trinajstić information content (AvgIpc) is 2.89. The van der Waals surface area contributed by atoms with Crippen LogP contribution in [0.4, 0.5) is 4.79 Å². The van der Waals surface area contributed by atoms with E-state index in [1.807, 2.05) is 60.7 Å². The summed E-state index contributed by atoms with van der Waals surface area (Å²) in [5.41, 5.74) is 1.70. The average molecular weight is 496 g/mol. The first-order chi connectivity index (χ1) is 17.4. The van der Waals surface area contributed by atoms with E-state index in [-0.39, 0.29) is 31.8 Å². The molecule has 1 N–H and O–H groups in total. The molecule has 0 aromatic heterocycles. The number of nitrogens with one attached hydrogen (secondary N) is 1.